The molecular formula is C14H13ClN2O2S. The standard InChI is InChI=1S/C14H13ClN2O2S/c15-13-5-2-6-14(16-13)17-20(18,19)12-8-7-10-3-1-4-11(10)9-12/h2,5-9H,1,3-4H2,(H,16,17). The summed E-state index contributed by atoms with van der Waals surface area (Å²) < 4.78 is 27.1. The molecule has 20 heavy (non-hydrogen) atoms. The van der Waals surface area contributed by atoms with Gasteiger partial charge in [0.15, 0.2) is 0 Å². The zero-order valence-electron chi connectivity index (χ0n) is 10.6. The fourth-order valence-corrected chi connectivity index (χ4v) is 3.59. The highest BCUT2D eigenvalue weighted by Gasteiger charge is 2.18. The molecule has 1 heterocycles. The third kappa shape index (κ3) is 2.64. The number of aromatic nitrogens is 1. The SMILES string of the molecule is O=S(=O)(Nc1cccc(Cl)n1)c1ccc2c(c1)CCC2. The van der Waals surface area contributed by atoms with E-state index in [9.17, 15) is 8.42 Å². The zero-order valence-corrected chi connectivity index (χ0v) is 12.2. The van der Waals surface area contributed by atoms with E-state index < -0.39 is 10.0 Å². The Bertz CT molecular complexity index is 760. The Morgan fingerprint density at radius 1 is 1.10 bits per heavy atom. The van der Waals surface area contributed by atoms with Gasteiger partial charge in [0.05, 0.1) is 4.90 Å². The Labute approximate surface area is 122 Å². The summed E-state index contributed by atoms with van der Waals surface area (Å²) in [5, 5.41) is 0.249. The lowest BCUT2D eigenvalue weighted by Gasteiger charge is -2.09. The normalized spacial score (nSPS) is 14.1. The molecule has 1 aliphatic carbocycles. The van der Waals surface area contributed by atoms with Crippen LogP contribution in [0.25, 0.3) is 0 Å². The van der Waals surface area contributed by atoms with Crippen LogP contribution in [-0.4, -0.2) is 13.4 Å². The maximum atomic E-state index is 12.3. The molecule has 0 atom stereocenters. The predicted octanol–water partition coefficient (Wildman–Crippen LogP) is 3.02. The molecule has 0 amide bonds. The van der Waals surface area contributed by atoms with E-state index in [4.69, 9.17) is 11.6 Å². The van der Waals surface area contributed by atoms with Crippen LogP contribution >= 0.6 is 11.6 Å². The van der Waals surface area contributed by atoms with Gasteiger partial charge in [0.2, 0.25) is 0 Å². The van der Waals surface area contributed by atoms with Gasteiger partial charge in [-0.15, -0.1) is 0 Å². The first-order valence-corrected chi connectivity index (χ1v) is 8.18. The third-order valence-corrected chi connectivity index (χ3v) is 4.90. The summed E-state index contributed by atoms with van der Waals surface area (Å²) in [4.78, 5) is 4.20. The second-order valence-electron chi connectivity index (χ2n) is 4.74. The number of benzene rings is 1. The number of hydrogen-bond donors (Lipinski definition) is 1. The van der Waals surface area contributed by atoms with Crippen LogP contribution < -0.4 is 4.72 Å². The maximum Gasteiger partial charge on any atom is 0.263 e. The van der Waals surface area contributed by atoms with Crippen molar-refractivity contribution in [2.45, 2.75) is 24.2 Å². The molecule has 0 radical (unpaired) electrons. The van der Waals surface area contributed by atoms with E-state index in [1.54, 1.807) is 30.3 Å². The first-order chi connectivity index (χ1) is 9.54. The number of aryl methyl sites for hydroxylation is 2. The van der Waals surface area contributed by atoms with Crippen LogP contribution in [0.15, 0.2) is 41.3 Å². The molecule has 0 bridgehead atoms. The Morgan fingerprint density at radius 3 is 2.70 bits per heavy atom. The second kappa shape index (κ2) is 5.07. The summed E-state index contributed by atoms with van der Waals surface area (Å²) >= 11 is 5.75. The number of anilines is 1. The molecule has 0 spiro atoms. The van der Waals surface area contributed by atoms with E-state index in [1.807, 2.05) is 6.07 Å². The minimum absolute atomic E-state index is 0.220. The number of sulfonamides is 1. The number of halogens is 1. The molecule has 3 rings (SSSR count). The van der Waals surface area contributed by atoms with Crippen LogP contribution in [0.2, 0.25) is 5.15 Å². The van der Waals surface area contributed by atoms with Gasteiger partial charge in [-0.2, -0.15) is 0 Å². The van der Waals surface area contributed by atoms with Gasteiger partial charge < -0.3 is 0 Å². The number of nitrogens with one attached hydrogen (secondary N) is 1. The van der Waals surface area contributed by atoms with E-state index in [1.165, 1.54) is 5.56 Å². The molecule has 0 saturated heterocycles. The Hall–Kier alpha value is -1.59. The second-order valence-corrected chi connectivity index (χ2v) is 6.80. The first-order valence-electron chi connectivity index (χ1n) is 6.32. The highest BCUT2D eigenvalue weighted by Crippen LogP contribution is 2.25. The van der Waals surface area contributed by atoms with Gasteiger partial charge in [-0.05, 0) is 54.7 Å². The molecule has 104 valence electrons. The van der Waals surface area contributed by atoms with Crippen molar-refractivity contribution in [1.29, 1.82) is 0 Å². The molecule has 0 aliphatic heterocycles. The maximum absolute atomic E-state index is 12.3. The Balaban J connectivity index is 1.92. The van der Waals surface area contributed by atoms with Gasteiger partial charge in [0.25, 0.3) is 10.0 Å². The number of hydrogen-bond acceptors (Lipinski definition) is 3. The number of pyridine rings is 1. The molecule has 6 heteroatoms. The van der Waals surface area contributed by atoms with Gasteiger partial charge in [-0.25, -0.2) is 13.4 Å². The quantitative estimate of drug-likeness (QED) is 0.887. The van der Waals surface area contributed by atoms with E-state index in [-0.39, 0.29) is 15.9 Å². The highest BCUT2D eigenvalue weighted by molar-refractivity contribution is 7.92. The van der Waals surface area contributed by atoms with Crippen molar-refractivity contribution in [2.75, 3.05) is 4.72 Å². The Kier molecular flexibility index (Phi) is 3.40. The molecule has 0 saturated carbocycles. The van der Waals surface area contributed by atoms with E-state index in [0.717, 1.165) is 24.8 Å². The smallest absolute Gasteiger partial charge is 0.263 e. The van der Waals surface area contributed by atoms with E-state index in [2.05, 4.69) is 9.71 Å². The van der Waals surface area contributed by atoms with Crippen molar-refractivity contribution in [3.05, 3.63) is 52.7 Å². The lowest BCUT2D eigenvalue weighted by atomic mass is 10.1. The largest absolute Gasteiger partial charge is 0.263 e. The van der Waals surface area contributed by atoms with Crippen molar-refractivity contribution in [3.63, 3.8) is 0 Å². The summed E-state index contributed by atoms with van der Waals surface area (Å²) in [5.41, 5.74) is 2.36. The molecule has 1 N–H and O–H groups in total. The molecule has 1 aliphatic rings. The Morgan fingerprint density at radius 2 is 1.90 bits per heavy atom. The molecule has 0 unspecified atom stereocenters. The van der Waals surface area contributed by atoms with Gasteiger partial charge in [0.1, 0.15) is 11.0 Å². The monoisotopic (exact) mass is 308 g/mol. The van der Waals surface area contributed by atoms with E-state index in [0.29, 0.717) is 0 Å². The van der Waals surface area contributed by atoms with Crippen LogP contribution in [0, 0.1) is 0 Å². The molecule has 4 nitrogen and oxygen atoms in total. The zero-order chi connectivity index (χ0) is 14.2. The van der Waals surface area contributed by atoms with Gasteiger partial charge in [0, 0.05) is 0 Å². The molecule has 1 aromatic heterocycles. The average Bonchev–Trinajstić information content (AvgIpc) is 2.85. The summed E-state index contributed by atoms with van der Waals surface area (Å²) in [7, 11) is -3.62. The topological polar surface area (TPSA) is 59.1 Å². The van der Waals surface area contributed by atoms with Gasteiger partial charge in [-0.1, -0.05) is 23.7 Å². The summed E-state index contributed by atoms with van der Waals surface area (Å²) in [6.07, 6.45) is 3.05. The summed E-state index contributed by atoms with van der Waals surface area (Å²) in [6.45, 7) is 0. The van der Waals surface area contributed by atoms with E-state index >= 15 is 0 Å². The van der Waals surface area contributed by atoms with Crippen molar-refractivity contribution >= 4 is 27.4 Å². The minimum Gasteiger partial charge on any atom is -0.263 e. The van der Waals surface area contributed by atoms with Crippen molar-refractivity contribution < 1.29 is 8.42 Å². The number of nitrogens with zero attached hydrogens (tertiary/aromatic N) is 1. The number of rotatable bonds is 3. The lowest BCUT2D eigenvalue weighted by Crippen LogP contribution is -2.14. The molecule has 2 aromatic rings. The minimum atomic E-state index is -3.62. The average molecular weight is 309 g/mol. The lowest BCUT2D eigenvalue weighted by molar-refractivity contribution is 0.601. The summed E-state index contributed by atoms with van der Waals surface area (Å²) in [5.74, 6) is 0.220. The van der Waals surface area contributed by atoms with Gasteiger partial charge in [-0.3, -0.25) is 4.72 Å². The molecular weight excluding hydrogens is 296 g/mol. The molecule has 1 aromatic carbocycles. The van der Waals surface area contributed by atoms with Crippen molar-refractivity contribution in [3.8, 4) is 0 Å². The summed E-state index contributed by atoms with van der Waals surface area (Å²) in [6, 6.07) is 10.1. The van der Waals surface area contributed by atoms with Crippen LogP contribution in [0.5, 0.6) is 0 Å². The molecule has 0 fully saturated rings. The fraction of sp³-hybridized carbons (Fsp3) is 0.214. The predicted molar refractivity (Wildman–Crippen MR) is 78.5 cm³/mol. The van der Waals surface area contributed by atoms with Crippen molar-refractivity contribution in [1.82, 2.24) is 4.98 Å². The fourth-order valence-electron chi connectivity index (χ4n) is 2.38. The highest BCUT2D eigenvalue weighted by atomic mass is 35.5. The first kappa shape index (κ1) is 13.4. The van der Waals surface area contributed by atoms with Gasteiger partial charge >= 0.3 is 0 Å². The van der Waals surface area contributed by atoms with Crippen LogP contribution in [0.4, 0.5) is 5.82 Å². The van der Waals surface area contributed by atoms with Crippen LogP contribution in [0.3, 0.4) is 0 Å². The van der Waals surface area contributed by atoms with Crippen LogP contribution in [0.1, 0.15) is 17.5 Å². The van der Waals surface area contributed by atoms with Crippen LogP contribution in [-0.2, 0) is 22.9 Å². The van der Waals surface area contributed by atoms with Crippen molar-refractivity contribution in [2.24, 2.45) is 0 Å². The number of fused-ring (bicyclic) bond motifs is 1. The third-order valence-electron chi connectivity index (χ3n) is 3.33.